The second kappa shape index (κ2) is 10.2. The van der Waals surface area contributed by atoms with Gasteiger partial charge in [-0.1, -0.05) is 35.4 Å². The number of halogens is 1. The molecule has 1 saturated heterocycles. The van der Waals surface area contributed by atoms with Gasteiger partial charge in [-0.25, -0.2) is 13.2 Å². The Bertz CT molecular complexity index is 1070. The fourth-order valence-corrected chi connectivity index (χ4v) is 4.95. The third kappa shape index (κ3) is 5.52. The average Bonchev–Trinajstić information content (AvgIpc) is 2.77. The number of rotatable bonds is 6. The van der Waals surface area contributed by atoms with E-state index in [0.29, 0.717) is 36.9 Å². The highest BCUT2D eigenvalue weighted by Crippen LogP contribution is 2.26. The molecule has 3 rings (SSSR count). The van der Waals surface area contributed by atoms with Crippen molar-refractivity contribution < 1.29 is 22.7 Å². The zero-order chi connectivity index (χ0) is 23.3. The van der Waals surface area contributed by atoms with Crippen LogP contribution in [-0.2, 0) is 19.6 Å². The summed E-state index contributed by atoms with van der Waals surface area (Å²) in [4.78, 5) is 28.1. The monoisotopic (exact) mass is 479 g/mol. The summed E-state index contributed by atoms with van der Waals surface area (Å²) in [7, 11) is -4.01. The summed E-state index contributed by atoms with van der Waals surface area (Å²) in [5, 5.41) is 0.363. The number of sulfonamides is 1. The number of carbonyl (C=O) groups is 2. The number of amides is 2. The van der Waals surface area contributed by atoms with Crippen molar-refractivity contribution in [2.75, 3.05) is 43.6 Å². The van der Waals surface area contributed by atoms with Gasteiger partial charge in [0.1, 0.15) is 6.54 Å². The first kappa shape index (κ1) is 23.9. The molecule has 2 aromatic rings. The largest absolute Gasteiger partial charge is 0.450 e. The van der Waals surface area contributed by atoms with Gasteiger partial charge in [-0.2, -0.15) is 0 Å². The normalized spacial score (nSPS) is 14.2. The maximum absolute atomic E-state index is 13.4. The third-order valence-corrected chi connectivity index (χ3v) is 7.17. The number of anilines is 1. The lowest BCUT2D eigenvalue weighted by Crippen LogP contribution is -2.53. The number of hydrogen-bond acceptors (Lipinski definition) is 5. The molecule has 0 saturated carbocycles. The van der Waals surface area contributed by atoms with Gasteiger partial charge in [0.25, 0.3) is 10.0 Å². The minimum absolute atomic E-state index is 0.0861. The predicted octanol–water partition coefficient (Wildman–Crippen LogP) is 3.14. The quantitative estimate of drug-likeness (QED) is 0.635. The molecule has 32 heavy (non-hydrogen) atoms. The van der Waals surface area contributed by atoms with Crippen molar-refractivity contribution in [1.82, 2.24) is 9.80 Å². The summed E-state index contributed by atoms with van der Waals surface area (Å²) in [6.07, 6.45) is -0.415. The summed E-state index contributed by atoms with van der Waals surface area (Å²) < 4.78 is 32.9. The van der Waals surface area contributed by atoms with Crippen LogP contribution < -0.4 is 4.31 Å². The number of ether oxygens (including phenoxy) is 1. The van der Waals surface area contributed by atoms with Crippen molar-refractivity contribution in [1.29, 1.82) is 0 Å². The van der Waals surface area contributed by atoms with E-state index >= 15 is 0 Å². The lowest BCUT2D eigenvalue weighted by Gasteiger charge is -2.35. The fourth-order valence-electron chi connectivity index (χ4n) is 3.36. The highest BCUT2D eigenvalue weighted by molar-refractivity contribution is 7.92. The Balaban J connectivity index is 1.82. The van der Waals surface area contributed by atoms with Crippen molar-refractivity contribution in [2.24, 2.45) is 0 Å². The first-order chi connectivity index (χ1) is 15.2. The SMILES string of the molecule is CCOC(=O)N1CCN(C(=O)CN(c2cccc(Cl)c2)S(=O)(=O)c2ccc(C)cc2)CC1. The van der Waals surface area contributed by atoms with Gasteiger partial charge in [0.2, 0.25) is 5.91 Å². The van der Waals surface area contributed by atoms with Gasteiger partial charge in [-0.15, -0.1) is 0 Å². The Hall–Kier alpha value is -2.78. The molecule has 172 valence electrons. The van der Waals surface area contributed by atoms with Crippen LogP contribution in [0.2, 0.25) is 5.02 Å². The minimum atomic E-state index is -4.01. The topological polar surface area (TPSA) is 87.2 Å². The minimum Gasteiger partial charge on any atom is -0.450 e. The summed E-state index contributed by atoms with van der Waals surface area (Å²) in [6.45, 7) is 4.75. The van der Waals surface area contributed by atoms with Crippen LogP contribution in [0, 0.1) is 6.92 Å². The number of nitrogens with zero attached hydrogens (tertiary/aromatic N) is 3. The van der Waals surface area contributed by atoms with Gasteiger partial charge in [-0.3, -0.25) is 9.10 Å². The first-order valence-electron chi connectivity index (χ1n) is 10.3. The van der Waals surface area contributed by atoms with Gasteiger partial charge in [0.05, 0.1) is 17.2 Å². The smallest absolute Gasteiger partial charge is 0.409 e. The van der Waals surface area contributed by atoms with Crippen LogP contribution in [0.5, 0.6) is 0 Å². The molecule has 0 bridgehead atoms. The fraction of sp³-hybridized carbons (Fsp3) is 0.364. The Labute approximate surface area is 193 Å². The highest BCUT2D eigenvalue weighted by atomic mass is 35.5. The second-order valence-electron chi connectivity index (χ2n) is 7.37. The van der Waals surface area contributed by atoms with E-state index in [1.54, 1.807) is 42.2 Å². The van der Waals surface area contributed by atoms with Crippen molar-refractivity contribution >= 4 is 39.3 Å². The molecule has 2 aromatic carbocycles. The Kier molecular flexibility index (Phi) is 7.63. The first-order valence-corrected chi connectivity index (χ1v) is 12.1. The van der Waals surface area contributed by atoms with E-state index in [-0.39, 0.29) is 24.0 Å². The van der Waals surface area contributed by atoms with Crippen molar-refractivity contribution in [3.63, 3.8) is 0 Å². The summed E-state index contributed by atoms with van der Waals surface area (Å²) in [5.41, 5.74) is 1.23. The molecular weight excluding hydrogens is 454 g/mol. The lowest BCUT2D eigenvalue weighted by molar-refractivity contribution is -0.131. The maximum atomic E-state index is 13.4. The molecule has 10 heteroatoms. The second-order valence-corrected chi connectivity index (χ2v) is 9.67. The molecule has 1 aliphatic heterocycles. The molecule has 0 aromatic heterocycles. The highest BCUT2D eigenvalue weighted by Gasteiger charge is 2.31. The molecule has 0 N–H and O–H groups in total. The van der Waals surface area contributed by atoms with E-state index in [0.717, 1.165) is 9.87 Å². The Morgan fingerprint density at radius 2 is 1.66 bits per heavy atom. The van der Waals surface area contributed by atoms with Crippen LogP contribution in [0.15, 0.2) is 53.4 Å². The molecule has 1 fully saturated rings. The maximum Gasteiger partial charge on any atom is 0.409 e. The van der Waals surface area contributed by atoms with Gasteiger partial charge >= 0.3 is 6.09 Å². The molecule has 0 atom stereocenters. The number of aryl methyl sites for hydroxylation is 1. The molecule has 0 spiro atoms. The van der Waals surface area contributed by atoms with E-state index in [1.807, 2.05) is 6.92 Å². The van der Waals surface area contributed by atoms with Crippen molar-refractivity contribution in [2.45, 2.75) is 18.7 Å². The summed E-state index contributed by atoms with van der Waals surface area (Å²) >= 11 is 6.10. The number of benzene rings is 2. The number of carbonyl (C=O) groups excluding carboxylic acids is 2. The summed E-state index contributed by atoms with van der Waals surface area (Å²) in [5.74, 6) is -0.357. The van der Waals surface area contributed by atoms with Crippen molar-refractivity contribution in [3.8, 4) is 0 Å². The van der Waals surface area contributed by atoms with Crippen LogP contribution >= 0.6 is 11.6 Å². The molecular formula is C22H26ClN3O5S. The van der Waals surface area contributed by atoms with Gasteiger partial charge in [0, 0.05) is 31.2 Å². The van der Waals surface area contributed by atoms with E-state index in [9.17, 15) is 18.0 Å². The molecule has 1 aliphatic rings. The Morgan fingerprint density at radius 1 is 1.03 bits per heavy atom. The molecule has 0 aliphatic carbocycles. The zero-order valence-electron chi connectivity index (χ0n) is 18.0. The van der Waals surface area contributed by atoms with Gasteiger partial charge < -0.3 is 14.5 Å². The Morgan fingerprint density at radius 3 is 2.25 bits per heavy atom. The number of hydrogen-bond donors (Lipinski definition) is 0. The van der Waals surface area contributed by atoms with Crippen LogP contribution in [0.1, 0.15) is 12.5 Å². The van der Waals surface area contributed by atoms with Gasteiger partial charge in [-0.05, 0) is 44.2 Å². The molecule has 2 amide bonds. The average molecular weight is 480 g/mol. The molecule has 1 heterocycles. The molecule has 0 radical (unpaired) electrons. The van der Waals surface area contributed by atoms with E-state index in [1.165, 1.54) is 23.1 Å². The van der Waals surface area contributed by atoms with Gasteiger partial charge in [0.15, 0.2) is 0 Å². The van der Waals surface area contributed by atoms with E-state index < -0.39 is 16.1 Å². The van der Waals surface area contributed by atoms with Crippen LogP contribution in [0.25, 0.3) is 0 Å². The van der Waals surface area contributed by atoms with E-state index in [4.69, 9.17) is 16.3 Å². The standard InChI is InChI=1S/C22H26ClN3O5S/c1-3-31-22(28)25-13-11-24(12-14-25)21(27)16-26(19-6-4-5-18(23)15-19)32(29,30)20-9-7-17(2)8-10-20/h4-10,15H,3,11-14,16H2,1-2H3. The third-order valence-electron chi connectivity index (χ3n) is 5.14. The predicted molar refractivity (Wildman–Crippen MR) is 122 cm³/mol. The van der Waals surface area contributed by atoms with Crippen molar-refractivity contribution in [3.05, 3.63) is 59.1 Å². The summed E-state index contributed by atoms with van der Waals surface area (Å²) in [6, 6.07) is 12.8. The molecule has 8 nitrogen and oxygen atoms in total. The zero-order valence-corrected chi connectivity index (χ0v) is 19.6. The van der Waals surface area contributed by atoms with Crippen LogP contribution in [0.3, 0.4) is 0 Å². The lowest BCUT2D eigenvalue weighted by atomic mass is 10.2. The molecule has 0 unspecified atom stereocenters. The van der Waals surface area contributed by atoms with Crippen LogP contribution in [0.4, 0.5) is 10.5 Å². The number of piperazine rings is 1. The van der Waals surface area contributed by atoms with Crippen LogP contribution in [-0.4, -0.2) is 69.5 Å². The van der Waals surface area contributed by atoms with E-state index in [2.05, 4.69) is 0 Å².